The normalized spacial score (nSPS) is 9.46. The number of aromatic nitrogens is 2. The van der Waals surface area contributed by atoms with Crippen LogP contribution >= 0.6 is 0 Å². The summed E-state index contributed by atoms with van der Waals surface area (Å²) in [4.78, 5) is 26.4. The van der Waals surface area contributed by atoms with Crippen molar-refractivity contribution in [2.45, 2.75) is 20.8 Å². The largest absolute Gasteiger partial charge is 0.312 e. The van der Waals surface area contributed by atoms with Crippen molar-refractivity contribution in [1.82, 2.24) is 9.38 Å². The molecule has 0 aliphatic rings. The minimum atomic E-state index is -0.543. The lowest BCUT2D eigenvalue weighted by molar-refractivity contribution is -0.105. The van der Waals surface area contributed by atoms with E-state index in [0.717, 1.165) is 0 Å². The Morgan fingerprint density at radius 2 is 1.88 bits per heavy atom. The van der Waals surface area contributed by atoms with E-state index in [2.05, 4.69) is 10.3 Å². The number of fused-ring (bicyclic) bond motifs is 1. The first kappa shape index (κ1) is 21.0. The van der Waals surface area contributed by atoms with Gasteiger partial charge in [-0.15, -0.1) is 0 Å². The third-order valence-electron chi connectivity index (χ3n) is 3.33. The van der Waals surface area contributed by atoms with E-state index < -0.39 is 5.82 Å². The van der Waals surface area contributed by atoms with Crippen LogP contribution in [0, 0.1) is 5.82 Å². The Kier molecular flexibility index (Phi) is 8.08. The average Bonchev–Trinajstić information content (AvgIpc) is 3.06. The summed E-state index contributed by atoms with van der Waals surface area (Å²) < 4.78 is 25.1. The monoisotopic (exact) mass is 363 g/mol. The molecule has 7 heteroatoms. The number of hydrogen-bond acceptors (Lipinski definition) is 3. The standard InChI is InChI=1S/C16H12FN3O2.C2H6.CH3F.H2/c1-10(22)16-12(3-2-4-13(16)17)11-5-6-15-19-14(18-9-21)8-20(15)7-11;2*1-2;/h2-9H,1H3,(H,18,21);1-2H3;1H3;1H. The molecule has 26 heavy (non-hydrogen) atoms. The second-order valence-corrected chi connectivity index (χ2v) is 4.79. The topological polar surface area (TPSA) is 63.5 Å². The van der Waals surface area contributed by atoms with E-state index in [0.29, 0.717) is 36.2 Å². The van der Waals surface area contributed by atoms with Gasteiger partial charge in [0.15, 0.2) is 11.6 Å². The molecule has 1 aromatic carbocycles. The van der Waals surface area contributed by atoms with Crippen LogP contribution in [0.15, 0.2) is 42.7 Å². The lowest BCUT2D eigenvalue weighted by Gasteiger charge is -2.08. The molecule has 0 bridgehead atoms. The van der Waals surface area contributed by atoms with Crippen molar-refractivity contribution in [2.75, 3.05) is 12.5 Å². The van der Waals surface area contributed by atoms with Crippen molar-refractivity contribution < 1.29 is 19.8 Å². The molecule has 140 valence electrons. The van der Waals surface area contributed by atoms with E-state index in [1.54, 1.807) is 41.1 Å². The van der Waals surface area contributed by atoms with Gasteiger partial charge in [0.05, 0.1) is 18.9 Å². The van der Waals surface area contributed by atoms with Gasteiger partial charge in [0.2, 0.25) is 6.41 Å². The van der Waals surface area contributed by atoms with Crippen molar-refractivity contribution in [2.24, 2.45) is 0 Å². The van der Waals surface area contributed by atoms with E-state index in [-0.39, 0.29) is 12.8 Å². The number of rotatable bonds is 4. The molecule has 5 nitrogen and oxygen atoms in total. The summed E-state index contributed by atoms with van der Waals surface area (Å²) in [6.45, 7) is 5.34. The molecule has 3 aromatic rings. The van der Waals surface area contributed by atoms with Crippen LogP contribution in [0.4, 0.5) is 14.6 Å². The third kappa shape index (κ3) is 4.50. The molecule has 3 rings (SSSR count). The number of Topliss-reactive ketones (excluding diaryl/α,β-unsaturated/α-hetero) is 1. The molecule has 1 N–H and O–H groups in total. The highest BCUT2D eigenvalue weighted by Gasteiger charge is 2.15. The minimum Gasteiger partial charge on any atom is -0.312 e. The summed E-state index contributed by atoms with van der Waals surface area (Å²) in [6.07, 6.45) is 3.92. The Balaban J connectivity index is 0.00000127. The Hall–Kier alpha value is -3.09. The number of alkyl halides is 1. The van der Waals surface area contributed by atoms with Gasteiger partial charge >= 0.3 is 0 Å². The Morgan fingerprint density at radius 3 is 2.50 bits per heavy atom. The Labute approximate surface area is 152 Å². The molecule has 0 fully saturated rings. The molecular weight excluding hydrogens is 340 g/mol. The number of anilines is 1. The zero-order chi connectivity index (χ0) is 19.7. The van der Waals surface area contributed by atoms with Gasteiger partial charge in [-0.05, 0) is 36.2 Å². The van der Waals surface area contributed by atoms with Crippen LogP contribution in [0.1, 0.15) is 32.6 Å². The van der Waals surface area contributed by atoms with E-state index in [4.69, 9.17) is 0 Å². The third-order valence-corrected chi connectivity index (χ3v) is 3.33. The molecule has 0 aliphatic carbocycles. The van der Waals surface area contributed by atoms with Crippen molar-refractivity contribution in [1.29, 1.82) is 0 Å². The highest BCUT2D eigenvalue weighted by Crippen LogP contribution is 2.27. The number of carbonyl (C=O) groups excluding carboxylic acids is 2. The number of nitrogens with zero attached hydrogens (tertiary/aromatic N) is 2. The number of halogens is 2. The molecule has 0 radical (unpaired) electrons. The number of pyridine rings is 1. The first-order valence-electron chi connectivity index (χ1n) is 7.96. The second kappa shape index (κ2) is 10.0. The number of nitrogens with one attached hydrogen (secondary N) is 1. The SMILES string of the molecule is CC.CC(=O)c1c(F)cccc1-c1ccc2nc(NC=O)cn2c1.CF.[HH]. The molecule has 0 saturated carbocycles. The first-order chi connectivity index (χ1) is 12.6. The summed E-state index contributed by atoms with van der Waals surface area (Å²) in [6, 6.07) is 8.02. The lowest BCUT2D eigenvalue weighted by Crippen LogP contribution is -2.01. The van der Waals surface area contributed by atoms with Crippen molar-refractivity contribution >= 4 is 23.7 Å². The molecule has 0 spiro atoms. The number of imidazole rings is 1. The van der Waals surface area contributed by atoms with Crippen molar-refractivity contribution in [3.05, 3.63) is 54.1 Å². The maximum Gasteiger partial charge on any atom is 0.212 e. The highest BCUT2D eigenvalue weighted by atomic mass is 19.1. The van der Waals surface area contributed by atoms with Gasteiger partial charge in [-0.25, -0.2) is 9.37 Å². The fraction of sp³-hybridized carbons (Fsp3) is 0.211. The number of carbonyl (C=O) groups is 2. The van der Waals surface area contributed by atoms with E-state index in [1.807, 2.05) is 13.8 Å². The highest BCUT2D eigenvalue weighted by molar-refractivity contribution is 6.01. The molecule has 0 unspecified atom stereocenters. The maximum atomic E-state index is 13.9. The first-order valence-corrected chi connectivity index (χ1v) is 7.96. The van der Waals surface area contributed by atoms with Crippen LogP contribution < -0.4 is 5.32 Å². The van der Waals surface area contributed by atoms with Gasteiger partial charge < -0.3 is 9.72 Å². The van der Waals surface area contributed by atoms with Gasteiger partial charge in [0.1, 0.15) is 11.5 Å². The number of ketones is 1. The van der Waals surface area contributed by atoms with Crippen LogP contribution in [0.5, 0.6) is 0 Å². The van der Waals surface area contributed by atoms with Crippen molar-refractivity contribution in [3.63, 3.8) is 0 Å². The number of benzene rings is 1. The smallest absolute Gasteiger partial charge is 0.212 e. The zero-order valence-electron chi connectivity index (χ0n) is 15.1. The van der Waals surface area contributed by atoms with Gasteiger partial charge in [0.25, 0.3) is 0 Å². The minimum absolute atomic E-state index is 0. The molecule has 0 saturated heterocycles. The molecule has 0 aliphatic heterocycles. The van der Waals surface area contributed by atoms with Crippen LogP contribution in [0.25, 0.3) is 16.8 Å². The molecule has 2 aromatic heterocycles. The van der Waals surface area contributed by atoms with Crippen LogP contribution in [0.2, 0.25) is 0 Å². The van der Waals surface area contributed by atoms with Crippen molar-refractivity contribution in [3.8, 4) is 11.1 Å². The van der Waals surface area contributed by atoms with Gasteiger partial charge in [-0.3, -0.25) is 14.0 Å². The molecule has 2 heterocycles. The van der Waals surface area contributed by atoms with Gasteiger partial charge in [-0.1, -0.05) is 26.0 Å². The lowest BCUT2D eigenvalue weighted by atomic mass is 9.98. The second-order valence-electron chi connectivity index (χ2n) is 4.79. The van der Waals surface area contributed by atoms with E-state index in [1.165, 1.54) is 13.0 Å². The van der Waals surface area contributed by atoms with Gasteiger partial charge in [0, 0.05) is 7.62 Å². The zero-order valence-corrected chi connectivity index (χ0v) is 15.1. The van der Waals surface area contributed by atoms with Crippen LogP contribution in [0.3, 0.4) is 0 Å². The number of amides is 1. The van der Waals surface area contributed by atoms with Crippen LogP contribution in [-0.2, 0) is 4.79 Å². The summed E-state index contributed by atoms with van der Waals surface area (Å²) in [5, 5.41) is 2.47. The Bertz CT molecular complexity index is 898. The van der Waals surface area contributed by atoms with E-state index in [9.17, 15) is 18.4 Å². The predicted octanol–water partition coefficient (Wildman–Crippen LogP) is 4.77. The van der Waals surface area contributed by atoms with Crippen LogP contribution in [-0.4, -0.2) is 28.8 Å². The molecular formula is C19H23F2N3O2. The summed E-state index contributed by atoms with van der Waals surface area (Å²) in [5.74, 6) is -0.459. The predicted molar refractivity (Wildman–Crippen MR) is 101 cm³/mol. The molecule has 0 atom stereocenters. The van der Waals surface area contributed by atoms with E-state index >= 15 is 0 Å². The number of hydrogen-bond donors (Lipinski definition) is 1. The quantitative estimate of drug-likeness (QED) is 0.536. The summed E-state index contributed by atoms with van der Waals surface area (Å²) in [7, 11) is 0.500. The summed E-state index contributed by atoms with van der Waals surface area (Å²) >= 11 is 0. The maximum absolute atomic E-state index is 13.9. The fourth-order valence-corrected chi connectivity index (χ4v) is 2.40. The van der Waals surface area contributed by atoms with Gasteiger partial charge in [-0.2, -0.15) is 0 Å². The molecule has 1 amide bonds. The average molecular weight is 363 g/mol. The Morgan fingerprint density at radius 1 is 1.19 bits per heavy atom. The summed E-state index contributed by atoms with van der Waals surface area (Å²) in [5.41, 5.74) is 1.90. The fourth-order valence-electron chi connectivity index (χ4n) is 2.40.